The summed E-state index contributed by atoms with van der Waals surface area (Å²) in [6.07, 6.45) is 4.04. The third-order valence-electron chi connectivity index (χ3n) is 0.668. The van der Waals surface area contributed by atoms with Crippen molar-refractivity contribution >= 4 is 0 Å². The van der Waals surface area contributed by atoms with Crippen molar-refractivity contribution in [2.75, 3.05) is 0 Å². The molecule has 10 heavy (non-hydrogen) atoms. The van der Waals surface area contributed by atoms with Gasteiger partial charge in [0.05, 0.1) is 15.4 Å². The predicted octanol–water partition coefficient (Wildman–Crippen LogP) is 0.819. The van der Waals surface area contributed by atoms with Gasteiger partial charge in [0.15, 0.2) is 1.41 Å². The van der Waals surface area contributed by atoms with Crippen LogP contribution in [0.4, 0.5) is 0 Å². The zero-order chi connectivity index (χ0) is 10.6. The second-order valence-corrected chi connectivity index (χ2v) is 1.31. The fourth-order valence-corrected chi connectivity index (χ4v) is 0.340. The first kappa shape index (κ1) is 3.01. The molecule has 2 heterocycles. The Morgan fingerprint density at radius 3 is 2.70 bits per heavy atom. The number of H-pyrrole nitrogens is 2. The van der Waals surface area contributed by atoms with Crippen LogP contribution in [0.5, 0.6) is 0 Å². The van der Waals surface area contributed by atoms with Crippen molar-refractivity contribution in [2.45, 2.75) is 0 Å². The lowest BCUT2D eigenvalue weighted by Crippen LogP contribution is -1.44. The minimum atomic E-state index is -0.370. The van der Waals surface area contributed by atoms with E-state index in [9.17, 15) is 0 Å². The minimum Gasteiger partial charge on any atom is -0.351 e. The molecule has 2 N–H and O–H groups in total. The number of aromatic nitrogens is 4. The molecule has 0 atom stereocenters. The molecule has 4 heteroatoms. The van der Waals surface area contributed by atoms with E-state index in [1.165, 1.54) is 0 Å². The summed E-state index contributed by atoms with van der Waals surface area (Å²) in [5.74, 6) is 0. The number of rotatable bonds is 0. The molecule has 0 aliphatic rings. The highest BCUT2D eigenvalue weighted by molar-refractivity contribution is 4.65. The molecule has 4 nitrogen and oxygen atoms in total. The summed E-state index contributed by atoms with van der Waals surface area (Å²) in [6.45, 7) is 0. The highest BCUT2D eigenvalue weighted by atomic mass is 14.8. The molecular weight excluding hydrogens is 128 g/mol. The number of aromatic amines is 2. The van der Waals surface area contributed by atoms with Gasteiger partial charge in [-0.25, -0.2) is 9.97 Å². The second-order valence-electron chi connectivity index (χ2n) is 1.31. The van der Waals surface area contributed by atoms with Crippen LogP contribution >= 0.6 is 0 Å². The topological polar surface area (TPSA) is 57.4 Å². The molecule has 0 bridgehead atoms. The fraction of sp³-hybridized carbons (Fsp3) is 0. The van der Waals surface area contributed by atoms with Gasteiger partial charge < -0.3 is 9.96 Å². The van der Waals surface area contributed by atoms with Gasteiger partial charge in [-0.2, -0.15) is 0 Å². The first-order valence-corrected chi connectivity index (χ1v) is 2.57. The molecule has 2 rings (SSSR count). The molecule has 0 unspecified atom stereocenters. The van der Waals surface area contributed by atoms with Crippen molar-refractivity contribution in [1.29, 1.82) is 0 Å². The van der Waals surface area contributed by atoms with Gasteiger partial charge in [-0.15, -0.1) is 0 Å². The molecule has 0 aliphatic heterocycles. The Hall–Kier alpha value is -1.58. The molecule has 2 aromatic heterocycles. The van der Waals surface area contributed by atoms with Crippen LogP contribution in [0.1, 0.15) is 4.11 Å². The van der Waals surface area contributed by atoms with Gasteiger partial charge in [-0.3, -0.25) is 0 Å². The fourth-order valence-electron chi connectivity index (χ4n) is 0.340. The smallest absolute Gasteiger partial charge is 0.167 e. The Morgan fingerprint density at radius 1 is 1.50 bits per heavy atom. The number of imidazole rings is 2. The molecule has 0 radical (unpaired) electrons. The number of nitrogens with zero attached hydrogens (tertiary/aromatic N) is 2. The maximum absolute atomic E-state index is 6.87. The first-order chi connectivity index (χ1) is 6.63. The summed E-state index contributed by atoms with van der Waals surface area (Å²) >= 11 is 0. The number of hydrogen-bond acceptors (Lipinski definition) is 2. The molecule has 52 valence electrons. The summed E-state index contributed by atoms with van der Waals surface area (Å²) < 4.78 is 27.3. The molecule has 0 fully saturated rings. The van der Waals surface area contributed by atoms with Crippen molar-refractivity contribution in [3.63, 3.8) is 0 Å². The van der Waals surface area contributed by atoms with Crippen molar-refractivity contribution in [3.8, 4) is 0 Å². The Bertz CT molecular complexity index is 343. The van der Waals surface area contributed by atoms with Gasteiger partial charge in [0, 0.05) is 24.7 Å². The molecule has 2 aromatic rings. The Labute approximate surface area is 64.0 Å². The Kier molecular flexibility index (Phi) is 1.30. The van der Waals surface area contributed by atoms with Crippen LogP contribution in [0.25, 0.3) is 0 Å². The zero-order valence-corrected chi connectivity index (χ0v) is 5.07. The third kappa shape index (κ3) is 2.66. The monoisotopic (exact) mass is 140 g/mol. The van der Waals surface area contributed by atoms with Crippen LogP contribution in [0, 0.1) is 0 Å². The highest BCUT2D eigenvalue weighted by Crippen LogP contribution is 1.63. The summed E-state index contributed by atoms with van der Waals surface area (Å²) in [5, 5.41) is 0. The van der Waals surface area contributed by atoms with E-state index in [4.69, 9.17) is 5.52 Å². The van der Waals surface area contributed by atoms with Gasteiger partial charge >= 0.3 is 0 Å². The van der Waals surface area contributed by atoms with Crippen LogP contribution in [0.15, 0.2) is 37.4 Å². The Balaban J connectivity index is 0.000000165. The molecule has 0 saturated carbocycles. The SMILES string of the molecule is [2H]c1nc([2H])n([2H])c1[2H].c1c[nH]cn1. The third-order valence-corrected chi connectivity index (χ3v) is 0.668. The lowest BCUT2D eigenvalue weighted by atomic mass is 11.0. The molecule has 0 aromatic carbocycles. The lowest BCUT2D eigenvalue weighted by Gasteiger charge is -1.46. The summed E-state index contributed by atoms with van der Waals surface area (Å²) in [7, 11) is 0. The van der Waals surface area contributed by atoms with Crippen molar-refractivity contribution in [1.82, 2.24) is 19.9 Å². The Morgan fingerprint density at radius 2 is 2.50 bits per heavy atom. The van der Waals surface area contributed by atoms with Gasteiger partial charge in [0.25, 0.3) is 0 Å². The molecule has 0 spiro atoms. The average Bonchev–Trinajstić information content (AvgIpc) is 2.78. The summed E-state index contributed by atoms with van der Waals surface area (Å²) in [6, 6.07) is 0. The normalized spacial score (nSPS) is 13.6. The van der Waals surface area contributed by atoms with Crippen molar-refractivity contribution in [2.24, 2.45) is 0 Å². The second kappa shape index (κ2) is 4.31. The molecule has 0 amide bonds. The molecular formula is C6H8N4. The average molecular weight is 140 g/mol. The van der Waals surface area contributed by atoms with Crippen LogP contribution in [0.3, 0.4) is 0 Å². The quantitative estimate of drug-likeness (QED) is 0.569. The van der Waals surface area contributed by atoms with Gasteiger partial charge in [0.2, 0.25) is 0 Å². The molecule has 0 saturated heterocycles. The largest absolute Gasteiger partial charge is 0.351 e. The van der Waals surface area contributed by atoms with Gasteiger partial charge in [-0.05, 0) is 0 Å². The predicted molar refractivity (Wildman–Crippen MR) is 37.2 cm³/mol. The maximum Gasteiger partial charge on any atom is 0.167 e. The van der Waals surface area contributed by atoms with E-state index in [2.05, 4.69) is 15.0 Å². The van der Waals surface area contributed by atoms with Crippen molar-refractivity contribution in [3.05, 3.63) is 37.4 Å². The van der Waals surface area contributed by atoms with Crippen LogP contribution in [0.2, 0.25) is 1.41 Å². The minimum absolute atomic E-state index is 0.324. The van der Waals surface area contributed by atoms with E-state index in [0.717, 1.165) is 0 Å². The number of hydrogen-bond donors (Lipinski definition) is 2. The summed E-state index contributed by atoms with van der Waals surface area (Å²) in [4.78, 5) is 10.1. The van der Waals surface area contributed by atoms with E-state index in [0.29, 0.717) is 4.98 Å². The van der Waals surface area contributed by atoms with Crippen LogP contribution in [-0.4, -0.2) is 19.9 Å². The first-order valence-electron chi connectivity index (χ1n) is 4.52. The van der Waals surface area contributed by atoms with Crippen LogP contribution in [-0.2, 0) is 0 Å². The van der Waals surface area contributed by atoms with E-state index in [1.54, 1.807) is 18.7 Å². The van der Waals surface area contributed by atoms with Crippen molar-refractivity contribution < 1.29 is 5.52 Å². The van der Waals surface area contributed by atoms with Crippen LogP contribution < -0.4 is 0 Å². The highest BCUT2D eigenvalue weighted by Gasteiger charge is 1.56. The zero-order valence-electron chi connectivity index (χ0n) is 9.07. The van der Waals surface area contributed by atoms with E-state index in [-0.39, 0.29) is 18.6 Å². The lowest BCUT2D eigenvalue weighted by molar-refractivity contribution is 1.31. The van der Waals surface area contributed by atoms with Gasteiger partial charge in [-0.1, -0.05) is 0 Å². The van der Waals surface area contributed by atoms with E-state index >= 15 is 0 Å². The molecule has 0 aliphatic carbocycles. The maximum atomic E-state index is 6.87. The summed E-state index contributed by atoms with van der Waals surface area (Å²) in [5.41, 5.74) is 0. The van der Waals surface area contributed by atoms with E-state index in [1.807, 2.05) is 0 Å². The van der Waals surface area contributed by atoms with E-state index < -0.39 is 0 Å². The standard InChI is InChI=1S/2C3H4N2/c2*1-2-5-3-4-1/h2*1-3H,(H,4,5)/i1D,2D,3D;/hD. The number of nitrogens with one attached hydrogen (secondary N) is 2. The van der Waals surface area contributed by atoms with Gasteiger partial charge in [0.1, 0.15) is 1.37 Å².